The number of aromatic nitrogens is 1. The zero-order valence-corrected chi connectivity index (χ0v) is 11.1. The zero-order chi connectivity index (χ0) is 14.8. The monoisotopic (exact) mass is 283 g/mol. The molecule has 0 aliphatic heterocycles. The van der Waals surface area contributed by atoms with E-state index >= 15 is 0 Å². The van der Waals surface area contributed by atoms with Crippen LogP contribution in [0.15, 0.2) is 42.7 Å². The number of alkyl halides is 3. The Morgan fingerprint density at radius 1 is 1.10 bits per heavy atom. The molecule has 2 nitrogen and oxygen atoms in total. The van der Waals surface area contributed by atoms with E-state index in [4.69, 9.17) is 5.11 Å². The van der Waals surface area contributed by atoms with E-state index in [-0.39, 0.29) is 5.56 Å². The lowest BCUT2D eigenvalue weighted by Crippen LogP contribution is -2.19. The van der Waals surface area contributed by atoms with Crippen LogP contribution in [0.4, 0.5) is 13.2 Å². The molecule has 5 heteroatoms. The maximum Gasteiger partial charge on any atom is 0.418 e. The van der Waals surface area contributed by atoms with Crippen molar-refractivity contribution in [2.75, 3.05) is 0 Å². The number of benzene rings is 1. The van der Waals surface area contributed by atoms with E-state index in [9.17, 15) is 13.2 Å². The Kier molecular flexibility index (Phi) is 4.18. The standard InChI is InChI=1S/C15H16F3NO/c1-2-11-3-5-12(6-4-11)9-19-8-7-13(10-19)14(20)15(16,17)18/h3-8,10,14,20H,2,9H2,1H3. The first-order valence-corrected chi connectivity index (χ1v) is 6.38. The highest BCUT2D eigenvalue weighted by Gasteiger charge is 2.39. The van der Waals surface area contributed by atoms with Gasteiger partial charge in [-0.2, -0.15) is 13.2 Å². The summed E-state index contributed by atoms with van der Waals surface area (Å²) in [4.78, 5) is 0. The van der Waals surface area contributed by atoms with Crippen LogP contribution < -0.4 is 0 Å². The molecule has 2 rings (SSSR count). The number of hydrogen-bond donors (Lipinski definition) is 1. The Labute approximate surface area is 115 Å². The van der Waals surface area contributed by atoms with Crippen molar-refractivity contribution in [2.45, 2.75) is 32.2 Å². The van der Waals surface area contributed by atoms with E-state index in [2.05, 4.69) is 6.92 Å². The van der Waals surface area contributed by atoms with Crippen LogP contribution in [0, 0.1) is 0 Å². The van der Waals surface area contributed by atoms with Crippen molar-refractivity contribution in [2.24, 2.45) is 0 Å². The molecule has 0 bridgehead atoms. The van der Waals surface area contributed by atoms with E-state index in [1.165, 1.54) is 24.0 Å². The van der Waals surface area contributed by atoms with E-state index in [0.29, 0.717) is 6.54 Å². The van der Waals surface area contributed by atoms with Crippen molar-refractivity contribution in [3.8, 4) is 0 Å². The van der Waals surface area contributed by atoms with Crippen molar-refractivity contribution < 1.29 is 18.3 Å². The van der Waals surface area contributed by atoms with Gasteiger partial charge in [-0.25, -0.2) is 0 Å². The van der Waals surface area contributed by atoms with E-state index in [1.807, 2.05) is 24.3 Å². The molecular weight excluding hydrogens is 267 g/mol. The van der Waals surface area contributed by atoms with Crippen LogP contribution in [0.25, 0.3) is 0 Å². The normalized spacial score (nSPS) is 13.4. The van der Waals surface area contributed by atoms with Crippen LogP contribution in [0.2, 0.25) is 0 Å². The molecule has 1 heterocycles. The second-order valence-corrected chi connectivity index (χ2v) is 4.73. The van der Waals surface area contributed by atoms with Gasteiger partial charge in [0.05, 0.1) is 0 Å². The third-order valence-corrected chi connectivity index (χ3v) is 3.20. The Bertz CT molecular complexity index is 557. The molecule has 0 saturated heterocycles. The lowest BCUT2D eigenvalue weighted by atomic mass is 10.1. The van der Waals surface area contributed by atoms with E-state index in [0.717, 1.165) is 12.0 Å². The topological polar surface area (TPSA) is 25.2 Å². The molecule has 1 aromatic carbocycles. The van der Waals surface area contributed by atoms with Crippen molar-refractivity contribution in [3.05, 3.63) is 59.4 Å². The van der Waals surface area contributed by atoms with Gasteiger partial charge in [0.25, 0.3) is 0 Å². The molecule has 1 unspecified atom stereocenters. The fourth-order valence-corrected chi connectivity index (χ4v) is 2.00. The summed E-state index contributed by atoms with van der Waals surface area (Å²) in [5.41, 5.74) is 2.09. The highest BCUT2D eigenvalue weighted by molar-refractivity contribution is 5.24. The number of nitrogens with zero attached hydrogens (tertiary/aromatic N) is 1. The van der Waals surface area contributed by atoms with Gasteiger partial charge in [-0.3, -0.25) is 0 Å². The number of halogens is 3. The maximum absolute atomic E-state index is 12.4. The first-order chi connectivity index (χ1) is 9.40. The number of aliphatic hydroxyl groups is 1. The molecule has 0 aliphatic carbocycles. The van der Waals surface area contributed by atoms with E-state index in [1.54, 1.807) is 4.57 Å². The minimum absolute atomic E-state index is 0.136. The molecule has 20 heavy (non-hydrogen) atoms. The summed E-state index contributed by atoms with van der Waals surface area (Å²) in [7, 11) is 0. The minimum Gasteiger partial charge on any atom is -0.379 e. The third-order valence-electron chi connectivity index (χ3n) is 3.20. The molecule has 1 atom stereocenters. The zero-order valence-electron chi connectivity index (χ0n) is 11.1. The summed E-state index contributed by atoms with van der Waals surface area (Å²) in [5, 5.41) is 9.17. The van der Waals surface area contributed by atoms with Crippen LogP contribution >= 0.6 is 0 Å². The first-order valence-electron chi connectivity index (χ1n) is 6.38. The van der Waals surface area contributed by atoms with Crippen LogP contribution in [0.3, 0.4) is 0 Å². The van der Waals surface area contributed by atoms with Gasteiger partial charge in [0.2, 0.25) is 0 Å². The molecule has 0 fully saturated rings. The predicted molar refractivity (Wildman–Crippen MR) is 70.4 cm³/mol. The summed E-state index contributed by atoms with van der Waals surface area (Å²) >= 11 is 0. The molecule has 0 amide bonds. The number of aryl methyl sites for hydroxylation is 1. The van der Waals surface area contributed by atoms with Gasteiger partial charge in [0.15, 0.2) is 6.10 Å². The third kappa shape index (κ3) is 3.42. The molecule has 2 aromatic rings. The molecular formula is C15H16F3NO. The summed E-state index contributed by atoms with van der Waals surface area (Å²) in [6, 6.07) is 9.21. The quantitative estimate of drug-likeness (QED) is 0.909. The summed E-state index contributed by atoms with van der Waals surface area (Å²) in [6.07, 6.45) is -3.24. The Balaban J connectivity index is 2.09. The van der Waals surface area contributed by atoms with Gasteiger partial charge in [-0.1, -0.05) is 31.2 Å². The minimum atomic E-state index is -4.63. The molecule has 1 aromatic heterocycles. The highest BCUT2D eigenvalue weighted by Crippen LogP contribution is 2.32. The first kappa shape index (κ1) is 14.7. The van der Waals surface area contributed by atoms with Crippen LogP contribution in [-0.2, 0) is 13.0 Å². The molecule has 0 saturated carbocycles. The van der Waals surface area contributed by atoms with Crippen molar-refractivity contribution in [1.82, 2.24) is 4.57 Å². The molecule has 0 aliphatic rings. The van der Waals surface area contributed by atoms with Gasteiger partial charge < -0.3 is 9.67 Å². The second kappa shape index (κ2) is 5.71. The molecule has 108 valence electrons. The van der Waals surface area contributed by atoms with Crippen molar-refractivity contribution >= 4 is 0 Å². The lowest BCUT2D eigenvalue weighted by Gasteiger charge is -2.12. The second-order valence-electron chi connectivity index (χ2n) is 4.73. The summed E-state index contributed by atoms with van der Waals surface area (Å²) < 4.78 is 38.8. The highest BCUT2D eigenvalue weighted by atomic mass is 19.4. The number of aliphatic hydroxyl groups excluding tert-OH is 1. The Hall–Kier alpha value is -1.75. The average molecular weight is 283 g/mol. The number of rotatable bonds is 4. The fraction of sp³-hybridized carbons (Fsp3) is 0.333. The van der Waals surface area contributed by atoms with Crippen LogP contribution in [0.1, 0.15) is 29.7 Å². The largest absolute Gasteiger partial charge is 0.418 e. The summed E-state index contributed by atoms with van der Waals surface area (Å²) in [5.74, 6) is 0. The number of hydrogen-bond acceptors (Lipinski definition) is 1. The van der Waals surface area contributed by atoms with Crippen molar-refractivity contribution in [1.29, 1.82) is 0 Å². The lowest BCUT2D eigenvalue weighted by molar-refractivity contribution is -0.206. The molecule has 0 radical (unpaired) electrons. The predicted octanol–water partition coefficient (Wildman–Crippen LogP) is 3.69. The average Bonchev–Trinajstić information content (AvgIpc) is 2.86. The summed E-state index contributed by atoms with van der Waals surface area (Å²) in [6.45, 7) is 2.54. The van der Waals surface area contributed by atoms with Crippen molar-refractivity contribution in [3.63, 3.8) is 0 Å². The molecule has 1 N–H and O–H groups in total. The maximum atomic E-state index is 12.4. The SMILES string of the molecule is CCc1ccc(Cn2ccc(C(O)C(F)(F)F)c2)cc1. The van der Waals surface area contributed by atoms with Gasteiger partial charge in [-0.05, 0) is 23.6 Å². The van der Waals surface area contributed by atoms with Crippen LogP contribution in [-0.4, -0.2) is 15.8 Å². The van der Waals surface area contributed by atoms with Gasteiger partial charge >= 0.3 is 6.18 Å². The van der Waals surface area contributed by atoms with Gasteiger partial charge in [0.1, 0.15) is 0 Å². The smallest absolute Gasteiger partial charge is 0.379 e. The van der Waals surface area contributed by atoms with E-state index < -0.39 is 12.3 Å². The van der Waals surface area contributed by atoms with Gasteiger partial charge in [0, 0.05) is 24.5 Å². The Morgan fingerprint density at radius 3 is 2.25 bits per heavy atom. The van der Waals surface area contributed by atoms with Gasteiger partial charge in [-0.15, -0.1) is 0 Å². The fourth-order valence-electron chi connectivity index (χ4n) is 2.00. The molecule has 0 spiro atoms. The van der Waals surface area contributed by atoms with Crippen LogP contribution in [0.5, 0.6) is 0 Å². The Morgan fingerprint density at radius 2 is 1.70 bits per heavy atom.